The molecule has 0 bridgehead atoms. The van der Waals surface area contributed by atoms with Gasteiger partial charge in [-0.05, 0) is 12.1 Å². The number of β-amino-alcohol motifs (C(OH)–C–C–N with tert-alkyl or cyclic N) is 1. The summed E-state index contributed by atoms with van der Waals surface area (Å²) in [4.78, 5) is 9.23. The normalized spacial score (nSPS) is 29.7. The van der Waals surface area contributed by atoms with Gasteiger partial charge in [0.25, 0.3) is 0 Å². The largest absolute Gasteiger partial charge is 0.390 e. The topological polar surface area (TPSA) is 51.6 Å². The van der Waals surface area contributed by atoms with E-state index in [1.807, 2.05) is 18.3 Å². The first kappa shape index (κ1) is 13.0. The van der Waals surface area contributed by atoms with Gasteiger partial charge in [-0.3, -0.25) is 14.8 Å². The predicted molar refractivity (Wildman–Crippen MR) is 73.8 cm³/mol. The van der Waals surface area contributed by atoms with E-state index in [0.717, 1.165) is 51.5 Å². The first-order chi connectivity index (χ1) is 9.33. The van der Waals surface area contributed by atoms with Gasteiger partial charge in [0, 0.05) is 58.1 Å². The third-order valence-electron chi connectivity index (χ3n) is 4.14. The van der Waals surface area contributed by atoms with Gasteiger partial charge in [0.05, 0.1) is 11.8 Å². The molecule has 0 radical (unpaired) electrons. The Bertz CT molecular complexity index is 392. The molecule has 2 atom stereocenters. The van der Waals surface area contributed by atoms with E-state index in [-0.39, 0.29) is 6.10 Å². The molecule has 1 unspecified atom stereocenters. The summed E-state index contributed by atoms with van der Waals surface area (Å²) in [5.74, 6) is 0. The molecule has 1 aromatic rings. The van der Waals surface area contributed by atoms with Crippen molar-refractivity contribution in [1.82, 2.24) is 20.1 Å². The van der Waals surface area contributed by atoms with Crippen LogP contribution < -0.4 is 5.32 Å². The van der Waals surface area contributed by atoms with Crippen molar-refractivity contribution < 1.29 is 5.11 Å². The summed E-state index contributed by atoms with van der Waals surface area (Å²) in [5, 5.41) is 13.2. The second-order valence-corrected chi connectivity index (χ2v) is 5.43. The van der Waals surface area contributed by atoms with Crippen LogP contribution in [0.5, 0.6) is 0 Å². The molecule has 1 aromatic heterocycles. The monoisotopic (exact) mass is 262 g/mol. The highest BCUT2D eigenvalue weighted by molar-refractivity contribution is 5.03. The Labute approximate surface area is 114 Å². The number of aromatic nitrogens is 1. The molecule has 5 heteroatoms. The van der Waals surface area contributed by atoms with E-state index in [4.69, 9.17) is 0 Å². The molecule has 3 rings (SSSR count). The average Bonchev–Trinajstić information content (AvgIpc) is 2.87. The summed E-state index contributed by atoms with van der Waals surface area (Å²) in [6.45, 7) is 6.77. The second kappa shape index (κ2) is 5.96. The van der Waals surface area contributed by atoms with Crippen LogP contribution in [0.15, 0.2) is 24.4 Å². The maximum absolute atomic E-state index is 9.91. The van der Waals surface area contributed by atoms with Crippen molar-refractivity contribution in [2.24, 2.45) is 0 Å². The van der Waals surface area contributed by atoms with E-state index in [1.165, 1.54) is 0 Å². The van der Waals surface area contributed by atoms with E-state index < -0.39 is 0 Å². The molecule has 0 saturated carbocycles. The number of hydrogen-bond donors (Lipinski definition) is 2. The van der Waals surface area contributed by atoms with Crippen LogP contribution in [0.1, 0.15) is 5.69 Å². The van der Waals surface area contributed by atoms with Crippen molar-refractivity contribution >= 4 is 0 Å². The standard InChI is InChI=1S/C14H22N4O/c19-14-10-15-9-13(14)18-7-5-17(6-8-18)11-12-3-1-2-4-16-12/h1-4,13-15,19H,5-11H2/t13?,14-/m1/s1. The molecule has 0 aliphatic carbocycles. The lowest BCUT2D eigenvalue weighted by Crippen LogP contribution is -2.53. The van der Waals surface area contributed by atoms with Crippen LogP contribution in [0, 0.1) is 0 Å². The molecule has 2 aliphatic rings. The molecular formula is C14H22N4O. The number of nitrogens with zero attached hydrogens (tertiary/aromatic N) is 3. The van der Waals surface area contributed by atoms with Crippen LogP contribution in [0.25, 0.3) is 0 Å². The molecular weight excluding hydrogens is 240 g/mol. The molecule has 104 valence electrons. The van der Waals surface area contributed by atoms with Gasteiger partial charge < -0.3 is 10.4 Å². The number of aliphatic hydroxyl groups is 1. The predicted octanol–water partition coefficient (Wildman–Crippen LogP) is -0.468. The summed E-state index contributed by atoms with van der Waals surface area (Å²) < 4.78 is 0. The van der Waals surface area contributed by atoms with Crippen molar-refractivity contribution in [3.63, 3.8) is 0 Å². The fraction of sp³-hybridized carbons (Fsp3) is 0.643. The first-order valence-corrected chi connectivity index (χ1v) is 7.08. The molecule has 0 aromatic carbocycles. The molecule has 5 nitrogen and oxygen atoms in total. The Morgan fingerprint density at radius 1 is 1.21 bits per heavy atom. The number of hydrogen-bond acceptors (Lipinski definition) is 5. The summed E-state index contributed by atoms with van der Waals surface area (Å²) in [6, 6.07) is 6.38. The maximum Gasteiger partial charge on any atom is 0.0831 e. The van der Waals surface area contributed by atoms with Gasteiger partial charge >= 0.3 is 0 Å². The maximum atomic E-state index is 9.91. The zero-order valence-corrected chi connectivity index (χ0v) is 11.2. The van der Waals surface area contributed by atoms with Crippen molar-refractivity contribution in [1.29, 1.82) is 0 Å². The number of pyridine rings is 1. The number of aliphatic hydroxyl groups excluding tert-OH is 1. The Morgan fingerprint density at radius 2 is 2.05 bits per heavy atom. The lowest BCUT2D eigenvalue weighted by molar-refractivity contribution is 0.0420. The van der Waals surface area contributed by atoms with Gasteiger partial charge in [0.2, 0.25) is 0 Å². The van der Waals surface area contributed by atoms with Crippen LogP contribution in [-0.2, 0) is 6.54 Å². The molecule has 19 heavy (non-hydrogen) atoms. The average molecular weight is 262 g/mol. The molecule has 2 saturated heterocycles. The summed E-state index contributed by atoms with van der Waals surface area (Å²) in [6.07, 6.45) is 1.65. The first-order valence-electron chi connectivity index (χ1n) is 7.08. The SMILES string of the molecule is O[C@@H]1CNCC1N1CCN(Cc2ccccn2)CC1. The second-order valence-electron chi connectivity index (χ2n) is 5.43. The van der Waals surface area contributed by atoms with Crippen LogP contribution >= 0.6 is 0 Å². The van der Waals surface area contributed by atoms with Crippen molar-refractivity contribution in [2.75, 3.05) is 39.3 Å². The summed E-state index contributed by atoms with van der Waals surface area (Å²) >= 11 is 0. The molecule has 0 spiro atoms. The quantitative estimate of drug-likeness (QED) is 0.771. The molecule has 0 amide bonds. The smallest absolute Gasteiger partial charge is 0.0831 e. The van der Waals surface area contributed by atoms with E-state index in [1.54, 1.807) is 0 Å². The fourth-order valence-corrected chi connectivity index (χ4v) is 3.00. The minimum absolute atomic E-state index is 0.206. The highest BCUT2D eigenvalue weighted by atomic mass is 16.3. The van der Waals surface area contributed by atoms with Gasteiger partial charge in [-0.15, -0.1) is 0 Å². The number of nitrogens with one attached hydrogen (secondary N) is 1. The van der Waals surface area contributed by atoms with E-state index in [2.05, 4.69) is 26.2 Å². The van der Waals surface area contributed by atoms with E-state index in [9.17, 15) is 5.11 Å². The molecule has 3 heterocycles. The van der Waals surface area contributed by atoms with Crippen LogP contribution in [0.4, 0.5) is 0 Å². The molecule has 2 fully saturated rings. The number of piperazine rings is 1. The Balaban J connectivity index is 1.49. The van der Waals surface area contributed by atoms with Crippen molar-refractivity contribution in [2.45, 2.75) is 18.7 Å². The van der Waals surface area contributed by atoms with Gasteiger partial charge in [-0.25, -0.2) is 0 Å². The zero-order chi connectivity index (χ0) is 13.1. The van der Waals surface area contributed by atoms with Crippen molar-refractivity contribution in [3.05, 3.63) is 30.1 Å². The van der Waals surface area contributed by atoms with Gasteiger partial charge in [0.1, 0.15) is 0 Å². The Kier molecular flexibility index (Phi) is 4.08. The fourth-order valence-electron chi connectivity index (χ4n) is 3.00. The lowest BCUT2D eigenvalue weighted by Gasteiger charge is -2.38. The number of rotatable bonds is 3. The highest BCUT2D eigenvalue weighted by Crippen LogP contribution is 2.13. The lowest BCUT2D eigenvalue weighted by atomic mass is 10.1. The Hall–Kier alpha value is -1.01. The van der Waals surface area contributed by atoms with Crippen LogP contribution in [-0.4, -0.2) is 71.3 Å². The minimum atomic E-state index is -0.206. The van der Waals surface area contributed by atoms with Crippen LogP contribution in [0.2, 0.25) is 0 Å². The van der Waals surface area contributed by atoms with Crippen molar-refractivity contribution in [3.8, 4) is 0 Å². The highest BCUT2D eigenvalue weighted by Gasteiger charge is 2.32. The van der Waals surface area contributed by atoms with Crippen LogP contribution in [0.3, 0.4) is 0 Å². The van der Waals surface area contributed by atoms with E-state index >= 15 is 0 Å². The van der Waals surface area contributed by atoms with Gasteiger partial charge in [-0.2, -0.15) is 0 Å². The Morgan fingerprint density at radius 3 is 2.68 bits per heavy atom. The minimum Gasteiger partial charge on any atom is -0.390 e. The molecule has 2 aliphatic heterocycles. The zero-order valence-electron chi connectivity index (χ0n) is 11.2. The summed E-state index contributed by atoms with van der Waals surface area (Å²) in [7, 11) is 0. The summed E-state index contributed by atoms with van der Waals surface area (Å²) in [5.41, 5.74) is 1.14. The van der Waals surface area contributed by atoms with Gasteiger partial charge in [0.15, 0.2) is 0 Å². The third kappa shape index (κ3) is 3.12. The van der Waals surface area contributed by atoms with E-state index in [0.29, 0.717) is 6.04 Å². The third-order valence-corrected chi connectivity index (χ3v) is 4.14. The molecule has 2 N–H and O–H groups in total. The van der Waals surface area contributed by atoms with Gasteiger partial charge in [-0.1, -0.05) is 6.07 Å².